The summed E-state index contributed by atoms with van der Waals surface area (Å²) >= 11 is 5.74. The molecule has 1 spiro atoms. The smallest absolute Gasteiger partial charge is 0.405 e. The van der Waals surface area contributed by atoms with E-state index < -0.39 is 51.8 Å². The molecule has 3 amide bonds. The molecule has 1 saturated heterocycles. The van der Waals surface area contributed by atoms with Crippen LogP contribution in [-0.4, -0.2) is 73.6 Å². The van der Waals surface area contributed by atoms with Gasteiger partial charge in [-0.1, -0.05) is 11.6 Å². The van der Waals surface area contributed by atoms with Crippen molar-refractivity contribution in [3.63, 3.8) is 0 Å². The van der Waals surface area contributed by atoms with E-state index in [1.807, 2.05) is 0 Å². The van der Waals surface area contributed by atoms with E-state index in [4.69, 9.17) is 16.3 Å². The Balaban J connectivity index is 1.54. The van der Waals surface area contributed by atoms with Crippen molar-refractivity contribution in [2.45, 2.75) is 23.0 Å². The van der Waals surface area contributed by atoms with Crippen LogP contribution in [0.3, 0.4) is 0 Å². The number of halogens is 5. The second kappa shape index (κ2) is 9.74. The Morgan fingerprint density at radius 2 is 1.97 bits per heavy atom. The lowest BCUT2D eigenvalue weighted by Crippen LogP contribution is -2.54. The highest BCUT2D eigenvalue weighted by molar-refractivity contribution is 7.89. The number of hydrogen-bond acceptors (Lipinski definition) is 6. The second-order valence-corrected chi connectivity index (χ2v) is 10.9. The molecule has 2 aliphatic rings. The fraction of sp³-hybridized carbons (Fsp3) is 0.381. The molecule has 0 bridgehead atoms. The first-order valence-corrected chi connectivity index (χ1v) is 12.7. The summed E-state index contributed by atoms with van der Waals surface area (Å²) in [5.74, 6) is -4.51. The fourth-order valence-electron chi connectivity index (χ4n) is 4.16. The summed E-state index contributed by atoms with van der Waals surface area (Å²) in [5, 5.41) is 3.72. The van der Waals surface area contributed by atoms with Gasteiger partial charge in [-0.3, -0.25) is 14.4 Å². The van der Waals surface area contributed by atoms with E-state index in [-0.39, 0.29) is 53.2 Å². The highest BCUT2D eigenvalue weighted by Gasteiger charge is 2.48. The lowest BCUT2D eigenvalue weighted by molar-refractivity contribution is -0.150. The predicted octanol–water partition coefficient (Wildman–Crippen LogP) is 1.39. The van der Waals surface area contributed by atoms with Gasteiger partial charge < -0.3 is 24.8 Å². The molecule has 38 heavy (non-hydrogen) atoms. The number of carbonyl (C=O) groups excluding carboxylic acids is 3. The van der Waals surface area contributed by atoms with Gasteiger partial charge >= 0.3 is 18.0 Å². The third-order valence-electron chi connectivity index (χ3n) is 5.91. The van der Waals surface area contributed by atoms with Crippen LogP contribution in [0.4, 0.5) is 23.2 Å². The quantitative estimate of drug-likeness (QED) is 0.370. The van der Waals surface area contributed by atoms with Crippen LogP contribution < -0.4 is 20.1 Å². The van der Waals surface area contributed by atoms with Crippen LogP contribution in [0.2, 0.25) is 5.02 Å². The molecular weight excluding hydrogens is 562 g/mol. The van der Waals surface area contributed by atoms with Gasteiger partial charge in [0.05, 0.1) is 10.6 Å². The first-order valence-electron chi connectivity index (χ1n) is 10.9. The Kier molecular flexibility index (Phi) is 7.09. The van der Waals surface area contributed by atoms with Crippen LogP contribution in [0.1, 0.15) is 16.9 Å². The monoisotopic (exact) mass is 581 g/mol. The molecule has 1 atom stereocenters. The molecule has 3 N–H and O–H groups in total. The molecule has 2 aliphatic heterocycles. The molecule has 4 rings (SSSR count). The molecule has 3 heterocycles. The summed E-state index contributed by atoms with van der Waals surface area (Å²) in [6, 6.07) is 3.46. The van der Waals surface area contributed by atoms with Gasteiger partial charge in [-0.15, -0.1) is 0 Å². The first kappa shape index (κ1) is 27.7. The molecule has 206 valence electrons. The van der Waals surface area contributed by atoms with E-state index in [1.165, 1.54) is 29.1 Å². The van der Waals surface area contributed by atoms with Crippen LogP contribution in [0, 0.1) is 5.82 Å². The highest BCUT2D eigenvalue weighted by atomic mass is 35.5. The summed E-state index contributed by atoms with van der Waals surface area (Å²) in [6.07, 6.45) is -3.59. The van der Waals surface area contributed by atoms with Gasteiger partial charge in [0.15, 0.2) is 11.4 Å². The number of nitrogens with zero attached hydrogens (tertiary/aromatic N) is 2. The molecule has 0 radical (unpaired) electrons. The molecule has 1 aromatic carbocycles. The Morgan fingerprint density at radius 1 is 1.26 bits per heavy atom. The number of likely N-dealkylation sites (tertiary alicyclic amines) is 1. The number of alkyl halides is 3. The third-order valence-corrected chi connectivity index (χ3v) is 7.77. The number of aryl methyl sites for hydroxylation is 1. The largest absolute Gasteiger partial charge is 0.488 e. The van der Waals surface area contributed by atoms with Gasteiger partial charge in [0.2, 0.25) is 10.0 Å². The van der Waals surface area contributed by atoms with Crippen LogP contribution in [0.25, 0.3) is 0 Å². The molecule has 1 fully saturated rings. The number of hydrogen-bond donors (Lipinski definition) is 3. The maximum Gasteiger partial charge on any atom is 0.405 e. The number of carbonyl (C=O) groups is 3. The van der Waals surface area contributed by atoms with Gasteiger partial charge in [-0.25, -0.2) is 12.8 Å². The summed E-state index contributed by atoms with van der Waals surface area (Å²) < 4.78 is 86.4. The first-order chi connectivity index (χ1) is 17.6. The number of rotatable bonds is 3. The molecule has 0 saturated carbocycles. The molecule has 1 unspecified atom stereocenters. The van der Waals surface area contributed by atoms with Crippen molar-refractivity contribution in [2.75, 3.05) is 31.6 Å². The minimum absolute atomic E-state index is 0.0173. The van der Waals surface area contributed by atoms with E-state index in [1.54, 1.807) is 0 Å². The molecule has 17 heteroatoms. The van der Waals surface area contributed by atoms with E-state index in [9.17, 15) is 40.4 Å². The Morgan fingerprint density at radius 3 is 2.63 bits per heavy atom. The Bertz CT molecular complexity index is 1430. The minimum atomic E-state index is -4.72. The molecule has 0 aliphatic carbocycles. The van der Waals surface area contributed by atoms with Crippen molar-refractivity contribution >= 4 is 45.0 Å². The Hall–Kier alpha value is -3.37. The van der Waals surface area contributed by atoms with E-state index >= 15 is 0 Å². The fourth-order valence-corrected chi connectivity index (χ4v) is 5.94. The average molecular weight is 582 g/mol. The minimum Gasteiger partial charge on any atom is -0.488 e. The van der Waals surface area contributed by atoms with Crippen LogP contribution in [0.5, 0.6) is 5.75 Å². The molecule has 2 aromatic rings. The zero-order chi connectivity index (χ0) is 28.0. The van der Waals surface area contributed by atoms with Gasteiger partial charge in [-0.2, -0.15) is 17.9 Å². The highest BCUT2D eigenvalue weighted by Crippen LogP contribution is 2.37. The summed E-state index contributed by atoms with van der Waals surface area (Å²) in [6.45, 7) is -2.56. The lowest BCUT2D eigenvalue weighted by Gasteiger charge is -2.27. The summed E-state index contributed by atoms with van der Waals surface area (Å²) in [4.78, 5) is 37.8. The van der Waals surface area contributed by atoms with Gasteiger partial charge in [0.1, 0.15) is 23.9 Å². The van der Waals surface area contributed by atoms with Crippen molar-refractivity contribution in [3.8, 4) is 5.75 Å². The Labute approximate surface area is 218 Å². The van der Waals surface area contributed by atoms with Crippen LogP contribution in [0.15, 0.2) is 29.3 Å². The van der Waals surface area contributed by atoms with Crippen molar-refractivity contribution in [3.05, 3.63) is 40.9 Å². The van der Waals surface area contributed by atoms with Crippen molar-refractivity contribution < 1.29 is 45.1 Å². The number of amides is 3. The van der Waals surface area contributed by atoms with Gasteiger partial charge in [-0.05, 0) is 24.6 Å². The molecular formula is C21H20ClF4N5O6S. The topological polar surface area (TPSA) is 139 Å². The zero-order valence-corrected chi connectivity index (χ0v) is 21.1. The summed E-state index contributed by atoms with van der Waals surface area (Å²) in [5.41, 5.74) is -1.46. The zero-order valence-electron chi connectivity index (χ0n) is 19.5. The second-order valence-electron chi connectivity index (χ2n) is 8.81. The van der Waals surface area contributed by atoms with Crippen LogP contribution >= 0.6 is 11.6 Å². The molecule has 11 nitrogen and oxygen atoms in total. The molecule has 1 aromatic heterocycles. The van der Waals surface area contributed by atoms with Crippen molar-refractivity contribution in [2.24, 2.45) is 7.05 Å². The number of fused-ring (bicyclic) bond motifs is 1. The number of sulfonamides is 1. The lowest BCUT2D eigenvalue weighted by atomic mass is 10.0. The van der Waals surface area contributed by atoms with Crippen molar-refractivity contribution in [1.29, 1.82) is 0 Å². The number of benzene rings is 1. The maximum atomic E-state index is 13.4. The van der Waals surface area contributed by atoms with Crippen LogP contribution in [-0.2, 0) is 26.7 Å². The average Bonchev–Trinajstić information content (AvgIpc) is 3.36. The number of anilines is 1. The number of aromatic nitrogens is 1. The third kappa shape index (κ3) is 5.56. The SMILES string of the molecule is Cn1cc2c(c1C(=O)Nc1ccc(F)c(Cl)c1)OCC1(CCN(C(=O)C(=O)NCC(F)(F)F)C1)NS2(=O)=O. The van der Waals surface area contributed by atoms with Gasteiger partial charge in [0, 0.05) is 32.0 Å². The standard InChI is InChI=1S/C21H20ClF4N5O6S/c1-30-7-14-16(15(30)17(32)28-11-2-3-13(23)12(22)6-11)37-10-20(29-38(14,35)36)4-5-31(9-20)19(34)18(33)27-8-21(24,25)26/h2-3,6-7,29H,4-5,8-10H2,1H3,(H,27,33)(H,28,32). The number of nitrogens with one attached hydrogen (secondary N) is 3. The van der Waals surface area contributed by atoms with E-state index in [0.717, 1.165) is 17.2 Å². The predicted molar refractivity (Wildman–Crippen MR) is 124 cm³/mol. The van der Waals surface area contributed by atoms with Crippen molar-refractivity contribution in [1.82, 2.24) is 19.5 Å². The maximum absolute atomic E-state index is 13.4. The van der Waals surface area contributed by atoms with E-state index in [2.05, 4.69) is 10.0 Å². The summed E-state index contributed by atoms with van der Waals surface area (Å²) in [7, 11) is -2.92. The van der Waals surface area contributed by atoms with E-state index in [0.29, 0.717) is 0 Å². The normalized spacial score (nSPS) is 20.4. The number of ether oxygens (including phenoxy) is 1. The van der Waals surface area contributed by atoms with Gasteiger partial charge in [0.25, 0.3) is 5.91 Å².